The van der Waals surface area contributed by atoms with Crippen LogP contribution < -0.4 is 10.2 Å². The van der Waals surface area contributed by atoms with E-state index >= 15 is 0 Å². The third-order valence-corrected chi connectivity index (χ3v) is 4.31. The number of carbonyl (C=O) groups excluding carboxylic acids is 1. The molecule has 8 heteroatoms. The van der Waals surface area contributed by atoms with Gasteiger partial charge >= 0.3 is 0 Å². The molecular weight excluding hydrogens is 308 g/mol. The summed E-state index contributed by atoms with van der Waals surface area (Å²) in [5, 5.41) is 11.1. The van der Waals surface area contributed by atoms with Gasteiger partial charge in [-0.1, -0.05) is 0 Å². The maximum Gasteiger partial charge on any atom is 0.255 e. The molecule has 1 N–H and O–H groups in total. The molecule has 0 radical (unpaired) electrons. The number of hydrogen-bond acceptors (Lipinski definition) is 6. The smallest absolute Gasteiger partial charge is 0.255 e. The molecule has 8 nitrogen and oxygen atoms in total. The summed E-state index contributed by atoms with van der Waals surface area (Å²) < 4.78 is 7.27. The molecule has 1 amide bonds. The first-order chi connectivity index (χ1) is 11.6. The Morgan fingerprint density at radius 1 is 1.42 bits per heavy atom. The van der Waals surface area contributed by atoms with Crippen molar-refractivity contribution in [2.75, 3.05) is 18.0 Å². The van der Waals surface area contributed by atoms with Crippen LogP contribution in [0.15, 0.2) is 29.2 Å². The van der Waals surface area contributed by atoms with Gasteiger partial charge in [0.15, 0.2) is 5.82 Å². The highest BCUT2D eigenvalue weighted by Gasteiger charge is 2.27. The fourth-order valence-electron chi connectivity index (χ4n) is 3.16. The molecule has 1 saturated heterocycles. The Morgan fingerprint density at radius 3 is 3.08 bits per heavy atom. The molecule has 0 saturated carbocycles. The maximum atomic E-state index is 12.4. The number of furan rings is 1. The van der Waals surface area contributed by atoms with Crippen LogP contribution in [0.2, 0.25) is 0 Å². The third kappa shape index (κ3) is 2.49. The van der Waals surface area contributed by atoms with Gasteiger partial charge in [0.25, 0.3) is 5.91 Å². The molecule has 0 aromatic carbocycles. The normalized spacial score (nSPS) is 17.6. The number of fused-ring (bicyclic) bond motifs is 1. The average Bonchev–Trinajstić information content (AvgIpc) is 3.26. The maximum absolute atomic E-state index is 12.4. The Bertz CT molecular complexity index is 899. The predicted octanol–water partition coefficient (Wildman–Crippen LogP) is 1.34. The fraction of sp³-hybridized carbons (Fsp3) is 0.375. The lowest BCUT2D eigenvalue weighted by molar-refractivity contribution is 0.0939. The van der Waals surface area contributed by atoms with E-state index in [1.54, 1.807) is 25.5 Å². The van der Waals surface area contributed by atoms with Gasteiger partial charge in [-0.05, 0) is 26.3 Å². The lowest BCUT2D eigenvalue weighted by Gasteiger charge is -2.18. The van der Waals surface area contributed by atoms with Crippen molar-refractivity contribution < 1.29 is 9.21 Å². The van der Waals surface area contributed by atoms with Gasteiger partial charge in [-0.25, -0.2) is 4.98 Å². The molecule has 1 aliphatic heterocycles. The van der Waals surface area contributed by atoms with Crippen LogP contribution in [0, 0.1) is 13.8 Å². The Hall–Kier alpha value is -2.90. The number of rotatable bonds is 3. The first-order valence-corrected chi connectivity index (χ1v) is 7.89. The van der Waals surface area contributed by atoms with Gasteiger partial charge in [-0.2, -0.15) is 0 Å². The van der Waals surface area contributed by atoms with Crippen LogP contribution in [0.5, 0.6) is 0 Å². The van der Waals surface area contributed by atoms with Gasteiger partial charge in [0.1, 0.15) is 17.8 Å². The minimum absolute atomic E-state index is 0.0667. The first kappa shape index (κ1) is 14.7. The van der Waals surface area contributed by atoms with Crippen molar-refractivity contribution >= 4 is 17.4 Å². The Labute approximate surface area is 138 Å². The van der Waals surface area contributed by atoms with Crippen LogP contribution in [0.1, 0.15) is 28.3 Å². The highest BCUT2D eigenvalue weighted by Crippen LogP contribution is 2.22. The van der Waals surface area contributed by atoms with Gasteiger partial charge in [-0.15, -0.1) is 10.2 Å². The second-order valence-electron chi connectivity index (χ2n) is 6.04. The standard InChI is InChI=1S/C16H18N6O2/c1-10-7-13(11(2)24-10)16(23)19-12-3-5-21(8-12)14-15-20-18-9-22(15)6-4-17-14/h4,6-7,9,12H,3,5,8H2,1-2H3,(H,19,23)/t12-/m1/s1. The van der Waals surface area contributed by atoms with E-state index in [9.17, 15) is 4.79 Å². The van der Waals surface area contributed by atoms with Crippen molar-refractivity contribution in [1.29, 1.82) is 0 Å². The van der Waals surface area contributed by atoms with E-state index in [-0.39, 0.29) is 11.9 Å². The van der Waals surface area contributed by atoms with Crippen LogP contribution in [-0.4, -0.2) is 44.6 Å². The van der Waals surface area contributed by atoms with Crippen molar-refractivity contribution in [3.63, 3.8) is 0 Å². The van der Waals surface area contributed by atoms with Crippen LogP contribution in [-0.2, 0) is 0 Å². The van der Waals surface area contributed by atoms with Crippen molar-refractivity contribution in [3.05, 3.63) is 41.9 Å². The van der Waals surface area contributed by atoms with Gasteiger partial charge in [0.05, 0.1) is 5.56 Å². The predicted molar refractivity (Wildman–Crippen MR) is 87.0 cm³/mol. The van der Waals surface area contributed by atoms with E-state index in [0.29, 0.717) is 17.9 Å². The SMILES string of the molecule is Cc1cc(C(=O)N[C@@H]2CCN(c3nccn4cnnc34)C2)c(C)o1. The molecule has 0 unspecified atom stereocenters. The quantitative estimate of drug-likeness (QED) is 0.781. The third-order valence-electron chi connectivity index (χ3n) is 4.31. The molecule has 0 aliphatic carbocycles. The lowest BCUT2D eigenvalue weighted by Crippen LogP contribution is -2.37. The monoisotopic (exact) mass is 326 g/mol. The summed E-state index contributed by atoms with van der Waals surface area (Å²) in [6.07, 6.45) is 6.06. The van der Waals surface area contributed by atoms with Crippen LogP contribution in [0.3, 0.4) is 0 Å². The number of carbonyl (C=O) groups is 1. The lowest BCUT2D eigenvalue weighted by atomic mass is 10.2. The zero-order chi connectivity index (χ0) is 16.7. The van der Waals surface area contributed by atoms with Gasteiger partial charge in [-0.3, -0.25) is 9.20 Å². The number of aryl methyl sites for hydroxylation is 2. The summed E-state index contributed by atoms with van der Waals surface area (Å²) in [5.74, 6) is 2.09. The van der Waals surface area contributed by atoms with E-state index in [2.05, 4.69) is 25.4 Å². The molecule has 4 rings (SSSR count). The molecule has 0 spiro atoms. The highest BCUT2D eigenvalue weighted by molar-refractivity contribution is 5.95. The summed E-state index contributed by atoms with van der Waals surface area (Å²) in [7, 11) is 0. The van der Waals surface area contributed by atoms with Crippen molar-refractivity contribution in [2.45, 2.75) is 26.3 Å². The topological polar surface area (TPSA) is 88.6 Å². The average molecular weight is 326 g/mol. The van der Waals surface area contributed by atoms with E-state index in [4.69, 9.17) is 4.42 Å². The summed E-state index contributed by atoms with van der Waals surface area (Å²) in [6, 6.07) is 1.84. The summed E-state index contributed by atoms with van der Waals surface area (Å²) in [4.78, 5) is 19.0. The number of nitrogens with one attached hydrogen (secondary N) is 1. The molecule has 1 atom stereocenters. The molecule has 3 aromatic heterocycles. The zero-order valence-electron chi connectivity index (χ0n) is 13.6. The fourth-order valence-corrected chi connectivity index (χ4v) is 3.16. The molecule has 124 valence electrons. The highest BCUT2D eigenvalue weighted by atomic mass is 16.3. The van der Waals surface area contributed by atoms with E-state index in [0.717, 1.165) is 30.2 Å². The molecule has 24 heavy (non-hydrogen) atoms. The molecule has 3 aromatic rings. The summed E-state index contributed by atoms with van der Waals surface area (Å²) in [5.41, 5.74) is 1.33. The van der Waals surface area contributed by atoms with Crippen molar-refractivity contribution in [2.24, 2.45) is 0 Å². The van der Waals surface area contributed by atoms with Crippen molar-refractivity contribution in [1.82, 2.24) is 24.9 Å². The van der Waals surface area contributed by atoms with Gasteiger partial charge in [0, 0.05) is 31.5 Å². The first-order valence-electron chi connectivity index (χ1n) is 7.89. The molecule has 1 fully saturated rings. The largest absolute Gasteiger partial charge is 0.466 e. The number of hydrogen-bond donors (Lipinski definition) is 1. The summed E-state index contributed by atoms with van der Waals surface area (Å²) in [6.45, 7) is 5.15. The van der Waals surface area contributed by atoms with E-state index in [1.165, 1.54) is 0 Å². The van der Waals surface area contributed by atoms with Crippen molar-refractivity contribution in [3.8, 4) is 0 Å². The minimum Gasteiger partial charge on any atom is -0.466 e. The number of nitrogens with zero attached hydrogens (tertiary/aromatic N) is 5. The second kappa shape index (κ2) is 5.63. The van der Waals surface area contributed by atoms with E-state index in [1.807, 2.05) is 17.5 Å². The number of amides is 1. The van der Waals surface area contributed by atoms with Crippen LogP contribution in [0.4, 0.5) is 5.82 Å². The molecular formula is C16H18N6O2. The molecule has 4 heterocycles. The van der Waals surface area contributed by atoms with E-state index < -0.39 is 0 Å². The number of anilines is 1. The minimum atomic E-state index is -0.0927. The Balaban J connectivity index is 1.48. The molecule has 1 aliphatic rings. The summed E-state index contributed by atoms with van der Waals surface area (Å²) >= 11 is 0. The zero-order valence-corrected chi connectivity index (χ0v) is 13.6. The van der Waals surface area contributed by atoms with Gasteiger partial charge < -0.3 is 14.6 Å². The van der Waals surface area contributed by atoms with Gasteiger partial charge in [0.2, 0.25) is 5.65 Å². The van der Waals surface area contributed by atoms with Crippen LogP contribution in [0.25, 0.3) is 5.65 Å². The Morgan fingerprint density at radius 2 is 2.29 bits per heavy atom. The number of aromatic nitrogens is 4. The Kier molecular flexibility index (Phi) is 3.44. The second-order valence-corrected chi connectivity index (χ2v) is 6.04. The van der Waals surface area contributed by atoms with Crippen LogP contribution >= 0.6 is 0 Å². The molecule has 0 bridgehead atoms.